The average molecular weight is 420 g/mol. The van der Waals surface area contributed by atoms with Crippen LogP contribution in [0.4, 0.5) is 15.8 Å². The minimum Gasteiger partial charge on any atom is -0.368 e. The van der Waals surface area contributed by atoms with Crippen molar-refractivity contribution in [1.82, 2.24) is 19.7 Å². The Labute approximate surface area is 176 Å². The van der Waals surface area contributed by atoms with E-state index in [9.17, 15) is 14.0 Å². The third-order valence-corrected chi connectivity index (χ3v) is 5.46. The average Bonchev–Trinajstić information content (AvgIpc) is 3.14. The molecule has 0 unspecified atom stereocenters. The molecule has 1 aromatic carbocycles. The highest BCUT2D eigenvalue weighted by Gasteiger charge is 2.19. The maximum absolute atomic E-state index is 14.4. The van der Waals surface area contributed by atoms with E-state index < -0.39 is 11.7 Å². The van der Waals surface area contributed by atoms with Gasteiger partial charge >= 0.3 is 0 Å². The summed E-state index contributed by atoms with van der Waals surface area (Å²) >= 11 is 0. The molecule has 8 nitrogen and oxygen atoms in total. The Morgan fingerprint density at radius 2 is 1.97 bits per heavy atom. The molecule has 1 aliphatic heterocycles. The molecule has 0 atom stereocenters. The molecule has 1 aliphatic rings. The predicted molar refractivity (Wildman–Crippen MR) is 117 cm³/mol. The van der Waals surface area contributed by atoms with Gasteiger partial charge in [-0.2, -0.15) is 0 Å². The van der Waals surface area contributed by atoms with Gasteiger partial charge < -0.3 is 24.9 Å². The minimum absolute atomic E-state index is 0.200. The van der Waals surface area contributed by atoms with Crippen molar-refractivity contribution in [1.29, 1.82) is 0 Å². The van der Waals surface area contributed by atoms with E-state index in [1.54, 1.807) is 31.5 Å². The van der Waals surface area contributed by atoms with Gasteiger partial charge in [0.2, 0.25) is 5.56 Å². The molecule has 4 heterocycles. The molecule has 5 rings (SSSR count). The molecular formula is C22H21FN6O2. The summed E-state index contributed by atoms with van der Waals surface area (Å²) in [6.07, 6.45) is 3.29. The number of piperazine rings is 1. The lowest BCUT2D eigenvalue weighted by Crippen LogP contribution is -2.43. The second kappa shape index (κ2) is 7.51. The Balaban J connectivity index is 1.54. The molecule has 0 bridgehead atoms. The van der Waals surface area contributed by atoms with E-state index in [0.29, 0.717) is 22.5 Å². The van der Waals surface area contributed by atoms with E-state index in [2.05, 4.69) is 25.5 Å². The molecule has 1 amide bonds. The number of aromatic amines is 1. The van der Waals surface area contributed by atoms with E-state index in [0.717, 1.165) is 37.3 Å². The van der Waals surface area contributed by atoms with Crippen molar-refractivity contribution in [2.24, 2.45) is 0 Å². The zero-order valence-electron chi connectivity index (χ0n) is 16.9. The third-order valence-electron chi connectivity index (χ3n) is 5.46. The zero-order valence-corrected chi connectivity index (χ0v) is 16.9. The first kappa shape index (κ1) is 19.3. The van der Waals surface area contributed by atoms with Gasteiger partial charge in [-0.1, -0.05) is 0 Å². The van der Waals surface area contributed by atoms with Gasteiger partial charge in [-0.25, -0.2) is 9.37 Å². The lowest BCUT2D eigenvalue weighted by molar-refractivity contribution is 0.102. The molecule has 158 valence electrons. The number of carbonyl (C=O) groups excluding carboxylic acids is 1. The van der Waals surface area contributed by atoms with Crippen LogP contribution in [0.3, 0.4) is 0 Å². The van der Waals surface area contributed by atoms with Crippen molar-refractivity contribution in [3.63, 3.8) is 0 Å². The van der Waals surface area contributed by atoms with E-state index >= 15 is 0 Å². The molecule has 1 fully saturated rings. The molecule has 0 radical (unpaired) electrons. The molecule has 0 saturated carbocycles. The number of halogens is 1. The number of nitrogens with zero attached hydrogens (tertiary/aromatic N) is 3. The summed E-state index contributed by atoms with van der Waals surface area (Å²) in [6, 6.07) is 8.02. The lowest BCUT2D eigenvalue weighted by Gasteiger charge is -2.30. The maximum Gasteiger partial charge on any atom is 0.257 e. The highest BCUT2D eigenvalue weighted by atomic mass is 19.1. The molecule has 31 heavy (non-hydrogen) atoms. The number of hydrogen-bond donors (Lipinski definition) is 3. The van der Waals surface area contributed by atoms with Gasteiger partial charge in [-0.05, 0) is 25.1 Å². The Morgan fingerprint density at radius 3 is 2.77 bits per heavy atom. The molecule has 3 N–H and O–H groups in total. The fourth-order valence-electron chi connectivity index (χ4n) is 4.05. The van der Waals surface area contributed by atoms with Gasteiger partial charge in [-0.15, -0.1) is 0 Å². The summed E-state index contributed by atoms with van der Waals surface area (Å²) in [7, 11) is 0. The van der Waals surface area contributed by atoms with Crippen LogP contribution in [0.5, 0.6) is 0 Å². The number of imidazole rings is 1. The monoisotopic (exact) mass is 420 g/mol. The number of hydrogen-bond acceptors (Lipinski definition) is 5. The number of anilines is 2. The fourth-order valence-corrected chi connectivity index (χ4v) is 4.05. The second-order valence-electron chi connectivity index (χ2n) is 7.62. The number of nitrogens with one attached hydrogen (secondary N) is 3. The first-order valence-electron chi connectivity index (χ1n) is 10.1. The molecule has 0 aliphatic carbocycles. The highest BCUT2D eigenvalue weighted by Crippen LogP contribution is 2.28. The van der Waals surface area contributed by atoms with Crippen LogP contribution in [0.15, 0.2) is 47.5 Å². The Kier molecular flexibility index (Phi) is 4.67. The van der Waals surface area contributed by atoms with Crippen molar-refractivity contribution in [2.75, 3.05) is 36.4 Å². The van der Waals surface area contributed by atoms with Crippen LogP contribution < -0.4 is 21.1 Å². The SMILES string of the molecule is Cc1cn2cc(NC(=O)c3ccc(N4CCNCC4)c4ccc(=O)[nH]c34)cc(F)c2n1. The van der Waals surface area contributed by atoms with Crippen molar-refractivity contribution >= 4 is 33.8 Å². The van der Waals surface area contributed by atoms with Gasteiger partial charge in [0.25, 0.3) is 5.91 Å². The predicted octanol–water partition coefficient (Wildman–Crippen LogP) is 2.29. The van der Waals surface area contributed by atoms with E-state index in [1.165, 1.54) is 16.5 Å². The number of benzene rings is 1. The zero-order chi connectivity index (χ0) is 21.5. The summed E-state index contributed by atoms with van der Waals surface area (Å²) in [5, 5.41) is 6.85. The van der Waals surface area contributed by atoms with Crippen molar-refractivity contribution in [3.8, 4) is 0 Å². The van der Waals surface area contributed by atoms with Crippen LogP contribution >= 0.6 is 0 Å². The number of aryl methyl sites for hydroxylation is 1. The number of H-pyrrole nitrogens is 1. The number of carbonyl (C=O) groups is 1. The minimum atomic E-state index is -0.529. The van der Waals surface area contributed by atoms with Gasteiger partial charge in [-0.3, -0.25) is 9.59 Å². The number of aromatic nitrogens is 3. The lowest BCUT2D eigenvalue weighted by atomic mass is 10.1. The van der Waals surface area contributed by atoms with Crippen LogP contribution in [0.25, 0.3) is 16.6 Å². The Morgan fingerprint density at radius 1 is 1.16 bits per heavy atom. The van der Waals surface area contributed by atoms with Crippen LogP contribution in [0, 0.1) is 12.7 Å². The van der Waals surface area contributed by atoms with Gasteiger partial charge in [0.05, 0.1) is 22.5 Å². The molecule has 4 aromatic rings. The summed E-state index contributed by atoms with van der Waals surface area (Å²) < 4.78 is 15.9. The Bertz CT molecular complexity index is 1370. The van der Waals surface area contributed by atoms with Crippen molar-refractivity contribution in [3.05, 3.63) is 70.2 Å². The number of amides is 1. The number of pyridine rings is 2. The van der Waals surface area contributed by atoms with Crippen molar-refractivity contribution < 1.29 is 9.18 Å². The smallest absolute Gasteiger partial charge is 0.257 e. The summed E-state index contributed by atoms with van der Waals surface area (Å²) in [4.78, 5) is 34.3. The van der Waals surface area contributed by atoms with Gasteiger partial charge in [0, 0.05) is 61.8 Å². The number of fused-ring (bicyclic) bond motifs is 2. The van der Waals surface area contributed by atoms with Crippen LogP contribution in [0.1, 0.15) is 16.1 Å². The van der Waals surface area contributed by atoms with Crippen LogP contribution in [-0.4, -0.2) is 46.5 Å². The van der Waals surface area contributed by atoms with E-state index in [-0.39, 0.29) is 11.2 Å². The first-order chi connectivity index (χ1) is 15.0. The van der Waals surface area contributed by atoms with E-state index in [1.807, 2.05) is 6.07 Å². The highest BCUT2D eigenvalue weighted by molar-refractivity contribution is 6.13. The topological polar surface area (TPSA) is 94.5 Å². The second-order valence-corrected chi connectivity index (χ2v) is 7.62. The summed E-state index contributed by atoms with van der Waals surface area (Å²) in [5.74, 6) is -0.965. The van der Waals surface area contributed by atoms with Crippen molar-refractivity contribution in [2.45, 2.75) is 6.92 Å². The Hall–Kier alpha value is -3.72. The standard InChI is InChI=1S/C22H21FN6O2/c1-13-11-29-12-14(10-17(23)21(29)25-13)26-22(31)16-2-4-18(28-8-6-24-7-9-28)15-3-5-19(30)27-20(15)16/h2-5,10-12,24H,6-9H2,1H3,(H,26,31)(H,27,30). The van der Waals surface area contributed by atoms with Crippen LogP contribution in [0.2, 0.25) is 0 Å². The maximum atomic E-state index is 14.4. The fraction of sp³-hybridized carbons (Fsp3) is 0.227. The molecule has 1 saturated heterocycles. The molecular weight excluding hydrogens is 399 g/mol. The summed E-state index contributed by atoms with van der Waals surface area (Å²) in [6.45, 7) is 5.18. The number of rotatable bonds is 3. The third kappa shape index (κ3) is 3.53. The van der Waals surface area contributed by atoms with Crippen LogP contribution in [-0.2, 0) is 0 Å². The molecule has 3 aromatic heterocycles. The largest absolute Gasteiger partial charge is 0.368 e. The quantitative estimate of drug-likeness (QED) is 0.473. The summed E-state index contributed by atoms with van der Waals surface area (Å²) in [5.41, 5.74) is 2.62. The normalized spacial score (nSPS) is 14.3. The first-order valence-corrected chi connectivity index (χ1v) is 10.1. The van der Waals surface area contributed by atoms with Gasteiger partial charge in [0.15, 0.2) is 11.5 Å². The molecule has 0 spiro atoms. The van der Waals surface area contributed by atoms with Gasteiger partial charge in [0.1, 0.15) is 0 Å². The molecule has 9 heteroatoms. The van der Waals surface area contributed by atoms with E-state index in [4.69, 9.17) is 0 Å².